The summed E-state index contributed by atoms with van der Waals surface area (Å²) in [7, 11) is -3.76. The average molecular weight is 679 g/mol. The summed E-state index contributed by atoms with van der Waals surface area (Å²) in [4.78, 5) is 0. The molecule has 0 aliphatic carbocycles. The molecule has 252 valence electrons. The third-order valence-corrected chi connectivity index (χ3v) is 86.0. The molecule has 0 aromatic heterocycles. The monoisotopic (exact) mass is 679 g/mol. The van der Waals surface area contributed by atoms with Gasteiger partial charge in [-0.3, -0.25) is 0 Å². The van der Waals surface area contributed by atoms with Crippen LogP contribution < -0.4 is 18.9 Å². The topological polar surface area (TPSA) is 18.5 Å². The average Bonchev–Trinajstić information content (AvgIpc) is 3.50. The summed E-state index contributed by atoms with van der Waals surface area (Å²) in [6.07, 6.45) is 5.11. The first-order chi connectivity index (χ1) is 18.3. The van der Waals surface area contributed by atoms with E-state index < -0.39 is 29.7 Å². The maximum atomic E-state index is 4.94. The molecule has 2 nitrogen and oxygen atoms in total. The molecule has 43 heavy (non-hydrogen) atoms. The summed E-state index contributed by atoms with van der Waals surface area (Å²) in [5.41, 5.74) is 0. The second-order valence-corrected chi connectivity index (χ2v) is 57.8. The van der Waals surface area contributed by atoms with Crippen LogP contribution in [0.5, 0.6) is 0 Å². The molecule has 0 N–H and O–H groups in total. The Labute approximate surface area is 291 Å². The standard InChI is InChI=1S/C27H63Si5.2C4H8O.Li/c1-22(2,3)30(19,23(4,5)6)28-29(31(20,24(7,8)9)25(10,11)12)32(21,26(13,14)15)27(16,17)18;2*1-2-4-5-3-1;/h1-21H3;2*1-4H2;/q-1;;;+1. The van der Waals surface area contributed by atoms with Gasteiger partial charge in [0, 0.05) is 41.6 Å². The van der Waals surface area contributed by atoms with Gasteiger partial charge in [0.15, 0.2) is 0 Å². The van der Waals surface area contributed by atoms with E-state index in [1.54, 1.807) is 0 Å². The Morgan fingerprint density at radius 3 is 0.744 bits per heavy atom. The minimum Gasteiger partial charge on any atom is -0.461 e. The van der Waals surface area contributed by atoms with Crippen molar-refractivity contribution in [3.8, 4) is 0 Å². The predicted molar refractivity (Wildman–Crippen MR) is 205 cm³/mol. The van der Waals surface area contributed by atoms with Crippen LogP contribution in [-0.2, 0) is 9.47 Å². The quantitative estimate of drug-likeness (QED) is 0.278. The maximum Gasteiger partial charge on any atom is 1.00 e. The van der Waals surface area contributed by atoms with Crippen molar-refractivity contribution in [2.45, 2.75) is 200 Å². The number of hydrogen-bond donors (Lipinski definition) is 0. The van der Waals surface area contributed by atoms with Gasteiger partial charge in [0.25, 0.3) is 0 Å². The van der Waals surface area contributed by atoms with Crippen molar-refractivity contribution in [3.63, 3.8) is 0 Å². The third kappa shape index (κ3) is 11.1. The molecule has 8 heteroatoms. The molecule has 0 spiro atoms. The smallest absolute Gasteiger partial charge is 0.461 e. The van der Waals surface area contributed by atoms with Gasteiger partial charge in [-0.1, -0.05) is 154 Å². The van der Waals surface area contributed by atoms with Crippen LogP contribution in [0.2, 0.25) is 49.9 Å². The fraction of sp³-hybridized carbons (Fsp3) is 1.00. The Balaban J connectivity index is 0. The molecule has 0 aromatic rings. The molecule has 0 radical (unpaired) electrons. The van der Waals surface area contributed by atoms with Crippen molar-refractivity contribution in [2.24, 2.45) is 0 Å². The molecule has 0 unspecified atom stereocenters. The number of rotatable bonds is 3. The molecule has 2 aliphatic heterocycles. The second-order valence-electron chi connectivity index (χ2n) is 20.0. The van der Waals surface area contributed by atoms with Gasteiger partial charge in [0.1, 0.15) is 0 Å². The minimum absolute atomic E-state index is 0. The molecular formula is C35H79LiO2Si5. The third-order valence-electron chi connectivity index (χ3n) is 12.0. The molecule has 2 rings (SSSR count). The Kier molecular flexibility index (Phi) is 17.7. The zero-order valence-electron chi connectivity index (χ0n) is 34.0. The molecule has 0 bridgehead atoms. The fourth-order valence-electron chi connectivity index (χ4n) is 7.27. The maximum absolute atomic E-state index is 4.94. The van der Waals surface area contributed by atoms with Gasteiger partial charge < -0.3 is 17.6 Å². The van der Waals surface area contributed by atoms with E-state index in [-0.39, 0.29) is 18.9 Å². The molecule has 0 amide bonds. The summed E-state index contributed by atoms with van der Waals surface area (Å²) < 4.78 is 9.89. The van der Waals surface area contributed by atoms with Crippen LogP contribution in [-0.4, -0.2) is 64.3 Å². The molecule has 2 fully saturated rings. The Hall–Kier alpha value is 1.60. The van der Waals surface area contributed by atoms with Gasteiger partial charge in [-0.15, -0.1) is 7.59 Å². The fourth-order valence-corrected chi connectivity index (χ4v) is 116. The van der Waals surface area contributed by atoms with Gasteiger partial charge in [0.05, 0.1) is 0 Å². The summed E-state index contributed by atoms with van der Waals surface area (Å²) in [6.45, 7) is 59.1. The number of hydrogen-bond acceptors (Lipinski definition) is 2. The second kappa shape index (κ2) is 16.3. The molecule has 0 saturated carbocycles. The van der Waals surface area contributed by atoms with E-state index in [9.17, 15) is 0 Å². The Bertz CT molecular complexity index is 744. The van der Waals surface area contributed by atoms with Gasteiger partial charge in [0.2, 0.25) is 0 Å². The Morgan fingerprint density at radius 2 is 0.628 bits per heavy atom. The van der Waals surface area contributed by atoms with Crippen LogP contribution in [0, 0.1) is 0 Å². The van der Waals surface area contributed by atoms with Crippen LogP contribution >= 0.6 is 0 Å². The largest absolute Gasteiger partial charge is 1.00 e. The van der Waals surface area contributed by atoms with E-state index in [1.165, 1.54) is 33.8 Å². The molecule has 2 aliphatic rings. The summed E-state index contributed by atoms with van der Waals surface area (Å²) in [5.74, 6) is 0. The van der Waals surface area contributed by atoms with Gasteiger partial charge >= 0.3 is 18.9 Å². The van der Waals surface area contributed by atoms with Crippen LogP contribution in [0.3, 0.4) is 0 Å². The van der Waals surface area contributed by atoms with E-state index in [1.807, 2.05) is 0 Å². The predicted octanol–water partition coefficient (Wildman–Crippen LogP) is 8.97. The summed E-state index contributed by atoms with van der Waals surface area (Å²) in [5, 5.41) is 2.53. The molecule has 0 atom stereocenters. The van der Waals surface area contributed by atoms with E-state index in [2.05, 4.69) is 144 Å². The van der Waals surface area contributed by atoms with Crippen LogP contribution in [0.15, 0.2) is 0 Å². The van der Waals surface area contributed by atoms with E-state index in [4.69, 9.17) is 9.47 Å². The van der Waals surface area contributed by atoms with Crippen molar-refractivity contribution in [3.05, 3.63) is 0 Å². The summed E-state index contributed by atoms with van der Waals surface area (Å²) in [6, 6.07) is 0. The van der Waals surface area contributed by atoms with Gasteiger partial charge in [-0.2, -0.15) is 0 Å². The van der Waals surface area contributed by atoms with Crippen molar-refractivity contribution < 1.29 is 28.3 Å². The van der Waals surface area contributed by atoms with Crippen molar-refractivity contribution in [1.82, 2.24) is 0 Å². The van der Waals surface area contributed by atoms with E-state index in [0.717, 1.165) is 26.4 Å². The molecule has 2 heterocycles. The molecule has 2 saturated heterocycles. The van der Waals surface area contributed by atoms with Gasteiger partial charge in [-0.25, -0.2) is 6.93 Å². The Morgan fingerprint density at radius 1 is 0.419 bits per heavy atom. The normalized spacial score (nSPS) is 17.7. The summed E-state index contributed by atoms with van der Waals surface area (Å²) >= 11 is 0. The van der Waals surface area contributed by atoms with E-state index >= 15 is 0 Å². The van der Waals surface area contributed by atoms with Crippen LogP contribution in [0.4, 0.5) is 0 Å². The van der Waals surface area contributed by atoms with E-state index in [0.29, 0.717) is 30.2 Å². The van der Waals surface area contributed by atoms with Crippen molar-refractivity contribution in [1.29, 1.82) is 0 Å². The van der Waals surface area contributed by atoms with Crippen LogP contribution in [0.1, 0.15) is 150 Å². The number of ether oxygens (including phenoxy) is 2. The molecule has 0 aromatic carbocycles. The van der Waals surface area contributed by atoms with Crippen LogP contribution in [0.25, 0.3) is 0 Å². The first kappa shape index (κ1) is 46.7. The SMILES string of the molecule is C1CCOC1.C1CCOC1.CC(C)(C)[Si](C)([Si-]=[Si]([Si](C)(C(C)(C)C)C(C)(C)C)[Si](C)(C(C)(C)C)C(C)(C)C)C(C)(C)C.[Li+]. The first-order valence-corrected chi connectivity index (χ1v) is 31.2. The molecular weight excluding hydrogens is 600 g/mol. The zero-order chi connectivity index (χ0) is 33.9. The van der Waals surface area contributed by atoms with Crippen molar-refractivity contribution in [2.75, 3.05) is 26.4 Å². The van der Waals surface area contributed by atoms with Crippen molar-refractivity contribution >= 4 is 37.8 Å². The zero-order valence-corrected chi connectivity index (χ0v) is 39.0. The first-order valence-electron chi connectivity index (χ1n) is 17.2. The minimum atomic E-state index is -1.69. The van der Waals surface area contributed by atoms with Gasteiger partial charge in [-0.05, 0) is 45.8 Å².